The van der Waals surface area contributed by atoms with Crippen molar-refractivity contribution in [3.63, 3.8) is 0 Å². The van der Waals surface area contributed by atoms with Crippen LogP contribution in [0.15, 0.2) is 53.1 Å². The van der Waals surface area contributed by atoms with Gasteiger partial charge in [0.1, 0.15) is 5.82 Å². The maximum atomic E-state index is 13.3. The third kappa shape index (κ3) is 3.27. The number of carbonyl (C=O) groups excluding carboxylic acids is 1. The highest BCUT2D eigenvalue weighted by molar-refractivity contribution is 8.03. The predicted molar refractivity (Wildman–Crippen MR) is 109 cm³/mol. The Hall–Kier alpha value is -2.78. The van der Waals surface area contributed by atoms with Crippen LogP contribution in [0.1, 0.15) is 29.0 Å². The lowest BCUT2D eigenvalue weighted by Gasteiger charge is -2.42. The van der Waals surface area contributed by atoms with Crippen molar-refractivity contribution in [1.29, 1.82) is 5.26 Å². The van der Waals surface area contributed by atoms with Crippen LogP contribution in [0.25, 0.3) is 0 Å². The number of hydrogen-bond donors (Lipinski definition) is 0. The molecule has 6 heteroatoms. The Labute approximate surface area is 168 Å². The summed E-state index contributed by atoms with van der Waals surface area (Å²) in [5.74, 6) is 0.0206. The van der Waals surface area contributed by atoms with Gasteiger partial charge in [0.05, 0.1) is 29.2 Å². The maximum Gasteiger partial charge on any atom is 0.229 e. The van der Waals surface area contributed by atoms with Gasteiger partial charge < -0.3 is 4.90 Å². The number of fused-ring (bicyclic) bond motifs is 1. The molecule has 2 heterocycles. The predicted octanol–water partition coefficient (Wildman–Crippen LogP) is 4.66. The lowest BCUT2D eigenvalue weighted by molar-refractivity contribution is -0.129. The summed E-state index contributed by atoms with van der Waals surface area (Å²) in [7, 11) is 0. The largest absolute Gasteiger partial charge is 0.344 e. The summed E-state index contributed by atoms with van der Waals surface area (Å²) in [5.41, 5.74) is 4.91. The van der Waals surface area contributed by atoms with Gasteiger partial charge >= 0.3 is 0 Å². The van der Waals surface area contributed by atoms with Crippen molar-refractivity contribution in [1.82, 2.24) is 4.90 Å². The third-order valence-electron chi connectivity index (χ3n) is 5.42. The third-order valence-corrected chi connectivity index (χ3v) is 6.58. The Kier molecular flexibility index (Phi) is 4.86. The van der Waals surface area contributed by atoms with Gasteiger partial charge in [0.25, 0.3) is 0 Å². The van der Waals surface area contributed by atoms with E-state index in [-0.39, 0.29) is 24.1 Å². The van der Waals surface area contributed by atoms with Crippen molar-refractivity contribution in [2.24, 2.45) is 0 Å². The molecule has 0 aromatic heterocycles. The van der Waals surface area contributed by atoms with E-state index in [9.17, 15) is 14.4 Å². The highest BCUT2D eigenvalue weighted by Crippen LogP contribution is 2.43. The van der Waals surface area contributed by atoms with Crippen LogP contribution in [0.3, 0.4) is 0 Å². The van der Waals surface area contributed by atoms with Gasteiger partial charge in [0.15, 0.2) is 0 Å². The molecule has 4 rings (SSSR count). The highest BCUT2D eigenvalue weighted by Gasteiger charge is 2.38. The summed E-state index contributed by atoms with van der Waals surface area (Å²) in [6, 6.07) is 14.7. The van der Waals surface area contributed by atoms with E-state index < -0.39 is 0 Å². The minimum Gasteiger partial charge on any atom is -0.344 e. The number of nitriles is 1. The van der Waals surface area contributed by atoms with E-state index in [4.69, 9.17) is 0 Å². The molecule has 28 heavy (non-hydrogen) atoms. The van der Waals surface area contributed by atoms with E-state index >= 15 is 0 Å². The van der Waals surface area contributed by atoms with Gasteiger partial charge in [-0.05, 0) is 54.8 Å². The number of amides is 1. The Morgan fingerprint density at radius 3 is 2.57 bits per heavy atom. The summed E-state index contributed by atoms with van der Waals surface area (Å²) in [6.07, 6.45) is 0.222. The summed E-state index contributed by atoms with van der Waals surface area (Å²) in [5, 5.41) is 10.5. The molecule has 142 valence electrons. The van der Waals surface area contributed by atoms with Crippen LogP contribution >= 0.6 is 11.8 Å². The maximum absolute atomic E-state index is 13.3. The monoisotopic (exact) mass is 393 g/mol. The number of allylic oxidation sites excluding steroid dienone is 1. The second-order valence-corrected chi connectivity index (χ2v) is 8.12. The molecule has 2 aromatic rings. The molecule has 1 amide bonds. The summed E-state index contributed by atoms with van der Waals surface area (Å²) >= 11 is 1.51. The molecule has 1 atom stereocenters. The average molecular weight is 393 g/mol. The molecule has 0 bridgehead atoms. The number of halogens is 1. The Balaban J connectivity index is 1.65. The van der Waals surface area contributed by atoms with E-state index in [1.54, 1.807) is 17.0 Å². The smallest absolute Gasteiger partial charge is 0.229 e. The van der Waals surface area contributed by atoms with Crippen molar-refractivity contribution in [2.45, 2.75) is 26.2 Å². The lowest BCUT2D eigenvalue weighted by atomic mass is 9.86. The minimum absolute atomic E-state index is 0.00985. The topological polar surface area (TPSA) is 47.3 Å². The van der Waals surface area contributed by atoms with Crippen LogP contribution < -0.4 is 4.90 Å². The van der Waals surface area contributed by atoms with Crippen LogP contribution in [0, 0.1) is 31.0 Å². The molecular weight excluding hydrogens is 373 g/mol. The van der Waals surface area contributed by atoms with E-state index in [2.05, 4.69) is 43.0 Å². The molecule has 1 saturated heterocycles. The van der Waals surface area contributed by atoms with Crippen molar-refractivity contribution in [3.05, 3.63) is 75.6 Å². The SMILES string of the molecule is Cc1ccc(N2CSC3=C(C#N)[C@H](c4ccc(F)cc4)CC(=O)N3C2)cc1C. The molecular formula is C22H20FN3OS. The number of nitrogens with zero attached hydrogens (tertiary/aromatic N) is 3. The van der Waals surface area contributed by atoms with Gasteiger partial charge in [0.2, 0.25) is 5.91 Å². The first-order valence-electron chi connectivity index (χ1n) is 9.13. The normalized spacial score (nSPS) is 19.5. The van der Waals surface area contributed by atoms with Gasteiger partial charge in [-0.2, -0.15) is 5.26 Å². The van der Waals surface area contributed by atoms with Crippen LogP contribution in [0.4, 0.5) is 10.1 Å². The fourth-order valence-electron chi connectivity index (χ4n) is 3.63. The number of aryl methyl sites for hydroxylation is 2. The minimum atomic E-state index is -0.324. The van der Waals surface area contributed by atoms with Gasteiger partial charge in [-0.25, -0.2) is 4.39 Å². The Bertz CT molecular complexity index is 1010. The van der Waals surface area contributed by atoms with Crippen LogP contribution in [0.5, 0.6) is 0 Å². The first-order chi connectivity index (χ1) is 13.5. The summed E-state index contributed by atoms with van der Waals surface area (Å²) in [4.78, 5) is 16.8. The second kappa shape index (κ2) is 7.33. The van der Waals surface area contributed by atoms with Crippen molar-refractivity contribution in [3.8, 4) is 6.07 Å². The van der Waals surface area contributed by atoms with Crippen LogP contribution in [-0.2, 0) is 4.79 Å². The standard InChI is InChI=1S/C22H20FN3OS/c1-14-3-8-18(9-15(14)2)25-12-26-21(27)10-19(16-4-6-17(23)7-5-16)20(11-24)22(26)28-13-25/h3-9,19H,10,12-13H2,1-2H3/t19-/m0/s1. The van der Waals surface area contributed by atoms with E-state index in [0.717, 1.165) is 16.3 Å². The van der Waals surface area contributed by atoms with E-state index in [1.807, 2.05) is 0 Å². The quantitative estimate of drug-likeness (QED) is 0.744. The second-order valence-electron chi connectivity index (χ2n) is 7.18. The molecule has 0 radical (unpaired) electrons. The molecule has 2 aromatic carbocycles. The lowest BCUT2D eigenvalue weighted by Crippen LogP contribution is -2.47. The number of rotatable bonds is 2. The van der Waals surface area contributed by atoms with Crippen LogP contribution in [0.2, 0.25) is 0 Å². The number of benzene rings is 2. The van der Waals surface area contributed by atoms with Crippen molar-refractivity contribution >= 4 is 23.4 Å². The van der Waals surface area contributed by atoms with Crippen molar-refractivity contribution < 1.29 is 9.18 Å². The average Bonchev–Trinajstić information content (AvgIpc) is 2.70. The van der Waals surface area contributed by atoms with Crippen LogP contribution in [-0.4, -0.2) is 23.4 Å². The van der Waals surface area contributed by atoms with E-state index in [0.29, 0.717) is 18.1 Å². The highest BCUT2D eigenvalue weighted by atomic mass is 32.2. The Morgan fingerprint density at radius 1 is 1.14 bits per heavy atom. The molecule has 0 aliphatic carbocycles. The number of anilines is 1. The molecule has 2 aliphatic heterocycles. The van der Waals surface area contributed by atoms with E-state index in [1.165, 1.54) is 35.0 Å². The summed E-state index contributed by atoms with van der Waals surface area (Å²) < 4.78 is 13.3. The molecule has 0 spiro atoms. The van der Waals surface area contributed by atoms with Gasteiger partial charge in [0, 0.05) is 18.0 Å². The number of carbonyl (C=O) groups is 1. The van der Waals surface area contributed by atoms with Gasteiger partial charge in [-0.1, -0.05) is 30.0 Å². The fraction of sp³-hybridized carbons (Fsp3) is 0.273. The first-order valence-corrected chi connectivity index (χ1v) is 10.1. The van der Waals surface area contributed by atoms with Crippen molar-refractivity contribution in [2.75, 3.05) is 17.4 Å². The molecule has 0 N–H and O–H groups in total. The summed E-state index contributed by atoms with van der Waals surface area (Å²) in [6.45, 7) is 4.59. The molecule has 2 aliphatic rings. The van der Waals surface area contributed by atoms with Gasteiger partial charge in [-0.15, -0.1) is 0 Å². The number of hydrogen-bond acceptors (Lipinski definition) is 4. The molecule has 4 nitrogen and oxygen atoms in total. The van der Waals surface area contributed by atoms with Gasteiger partial charge in [-0.3, -0.25) is 9.69 Å². The number of thioether (sulfide) groups is 1. The Morgan fingerprint density at radius 2 is 1.89 bits per heavy atom. The molecule has 0 unspecified atom stereocenters. The zero-order valence-electron chi connectivity index (χ0n) is 15.8. The zero-order chi connectivity index (χ0) is 19.8. The fourth-order valence-corrected chi connectivity index (χ4v) is 4.80. The zero-order valence-corrected chi connectivity index (χ0v) is 16.6. The molecule has 0 saturated carbocycles. The molecule has 1 fully saturated rings. The first kappa shape index (κ1) is 18.6.